The van der Waals surface area contributed by atoms with Crippen LogP contribution >= 0.6 is 0 Å². The molecule has 1 heterocycles. The van der Waals surface area contributed by atoms with Crippen molar-refractivity contribution < 1.29 is 8.42 Å². The number of nitrogens with one attached hydrogen (secondary N) is 1. The Morgan fingerprint density at radius 3 is 2.87 bits per heavy atom. The highest BCUT2D eigenvalue weighted by Gasteiger charge is 2.09. The maximum atomic E-state index is 11.1. The fraction of sp³-hybridized carbons (Fsp3) is 0.222. The van der Waals surface area contributed by atoms with E-state index >= 15 is 0 Å². The number of hydrogen-bond donors (Lipinski definition) is 2. The van der Waals surface area contributed by atoms with E-state index in [-0.39, 0.29) is 5.75 Å². The van der Waals surface area contributed by atoms with Crippen LogP contribution in [0.25, 0.3) is 11.0 Å². The lowest BCUT2D eigenvalue weighted by Gasteiger charge is -1.91. The number of sulfone groups is 1. The molecule has 0 fully saturated rings. The summed E-state index contributed by atoms with van der Waals surface area (Å²) in [6, 6.07) is 5.22. The number of rotatable bonds is 2. The summed E-state index contributed by atoms with van der Waals surface area (Å²) in [5.74, 6) is 0.361. The number of benzene rings is 1. The average molecular weight is 225 g/mol. The van der Waals surface area contributed by atoms with Crippen LogP contribution in [0.15, 0.2) is 18.2 Å². The Morgan fingerprint density at radius 1 is 1.47 bits per heavy atom. The molecule has 0 unspecified atom stereocenters. The third-order valence-corrected chi connectivity index (χ3v) is 2.75. The number of hydrogen-bond acceptors (Lipinski definition) is 4. The molecule has 1 aromatic carbocycles. The molecule has 2 aromatic rings. The lowest BCUT2D eigenvalue weighted by molar-refractivity contribution is 0.600. The van der Waals surface area contributed by atoms with Gasteiger partial charge in [-0.05, 0) is 18.2 Å². The molecule has 0 aliphatic carbocycles. The molecule has 3 N–H and O–H groups in total. The zero-order valence-corrected chi connectivity index (χ0v) is 9.00. The molecule has 6 heteroatoms. The van der Waals surface area contributed by atoms with Crippen molar-refractivity contribution in [3.8, 4) is 0 Å². The van der Waals surface area contributed by atoms with Gasteiger partial charge in [0, 0.05) is 11.9 Å². The number of nitrogens with two attached hydrogens (primary N) is 1. The maximum absolute atomic E-state index is 11.1. The first-order chi connectivity index (χ1) is 6.94. The van der Waals surface area contributed by atoms with Gasteiger partial charge in [-0.15, -0.1) is 0 Å². The van der Waals surface area contributed by atoms with Crippen molar-refractivity contribution in [3.63, 3.8) is 0 Å². The van der Waals surface area contributed by atoms with Gasteiger partial charge in [-0.25, -0.2) is 13.4 Å². The minimum Gasteiger partial charge on any atom is -0.399 e. The first-order valence-corrected chi connectivity index (χ1v) is 6.42. The lowest BCUT2D eigenvalue weighted by atomic mass is 10.3. The summed E-state index contributed by atoms with van der Waals surface area (Å²) in [6.07, 6.45) is 1.18. The average Bonchev–Trinajstić information content (AvgIpc) is 2.42. The number of nitrogen functional groups attached to an aromatic ring is 1. The van der Waals surface area contributed by atoms with Gasteiger partial charge >= 0.3 is 0 Å². The standard InChI is InChI=1S/C9H11N3O2S/c1-15(13,14)5-9-11-7-3-2-6(10)4-8(7)12-9/h2-4H,5,10H2,1H3,(H,11,12). The van der Waals surface area contributed by atoms with Crippen molar-refractivity contribution >= 4 is 26.6 Å². The predicted octanol–water partition coefficient (Wildman–Crippen LogP) is 0.690. The van der Waals surface area contributed by atoms with Crippen LogP contribution < -0.4 is 5.73 Å². The zero-order chi connectivity index (χ0) is 11.1. The van der Waals surface area contributed by atoms with Gasteiger partial charge in [0.1, 0.15) is 11.6 Å². The molecule has 5 nitrogen and oxygen atoms in total. The van der Waals surface area contributed by atoms with E-state index in [9.17, 15) is 8.42 Å². The zero-order valence-electron chi connectivity index (χ0n) is 8.19. The number of aromatic nitrogens is 2. The third-order valence-electron chi connectivity index (χ3n) is 1.95. The summed E-state index contributed by atoms with van der Waals surface area (Å²) in [5, 5.41) is 0. The van der Waals surface area contributed by atoms with Crippen LogP contribution in [0.5, 0.6) is 0 Å². The van der Waals surface area contributed by atoms with Crippen molar-refractivity contribution in [2.45, 2.75) is 5.75 Å². The van der Waals surface area contributed by atoms with Crippen LogP contribution in [0.2, 0.25) is 0 Å². The van der Waals surface area contributed by atoms with Gasteiger partial charge in [0.15, 0.2) is 9.84 Å². The van der Waals surface area contributed by atoms with E-state index in [2.05, 4.69) is 9.97 Å². The van der Waals surface area contributed by atoms with Crippen molar-refractivity contribution in [2.75, 3.05) is 12.0 Å². The first-order valence-electron chi connectivity index (χ1n) is 4.36. The van der Waals surface area contributed by atoms with Gasteiger partial charge in [-0.1, -0.05) is 0 Å². The second-order valence-corrected chi connectivity index (χ2v) is 5.67. The Labute approximate surface area is 87.2 Å². The summed E-state index contributed by atoms with van der Waals surface area (Å²) >= 11 is 0. The SMILES string of the molecule is CS(=O)(=O)Cc1nc2ccc(N)cc2[nH]1. The summed E-state index contributed by atoms with van der Waals surface area (Å²) in [4.78, 5) is 7.07. The van der Waals surface area contributed by atoms with Crippen LogP contribution in [0.1, 0.15) is 5.82 Å². The second kappa shape index (κ2) is 3.23. The summed E-state index contributed by atoms with van der Waals surface area (Å²) in [7, 11) is -3.06. The Morgan fingerprint density at radius 2 is 2.20 bits per heavy atom. The second-order valence-electron chi connectivity index (χ2n) is 3.53. The van der Waals surface area contributed by atoms with Crippen molar-refractivity contribution in [1.82, 2.24) is 9.97 Å². The smallest absolute Gasteiger partial charge is 0.154 e. The highest BCUT2D eigenvalue weighted by molar-refractivity contribution is 7.89. The Hall–Kier alpha value is -1.56. The van der Waals surface area contributed by atoms with E-state index in [1.807, 2.05) is 0 Å². The van der Waals surface area contributed by atoms with Gasteiger partial charge < -0.3 is 10.7 Å². The molecular formula is C9H11N3O2S. The Kier molecular flexibility index (Phi) is 2.15. The van der Waals surface area contributed by atoms with Gasteiger partial charge in [0.2, 0.25) is 0 Å². The minimum absolute atomic E-state index is 0.0818. The number of anilines is 1. The number of aromatic amines is 1. The molecule has 0 saturated carbocycles. The maximum Gasteiger partial charge on any atom is 0.154 e. The molecule has 2 rings (SSSR count). The van der Waals surface area contributed by atoms with Crippen molar-refractivity contribution in [2.24, 2.45) is 0 Å². The third kappa shape index (κ3) is 2.27. The molecule has 15 heavy (non-hydrogen) atoms. The van der Waals surface area contributed by atoms with E-state index in [0.717, 1.165) is 11.0 Å². The fourth-order valence-corrected chi connectivity index (χ4v) is 2.03. The minimum atomic E-state index is -3.06. The number of nitrogens with zero attached hydrogens (tertiary/aromatic N) is 1. The van der Waals surface area contributed by atoms with Crippen LogP contribution in [0.4, 0.5) is 5.69 Å². The molecule has 0 spiro atoms. The molecule has 0 radical (unpaired) electrons. The van der Waals surface area contributed by atoms with Crippen molar-refractivity contribution in [3.05, 3.63) is 24.0 Å². The monoisotopic (exact) mass is 225 g/mol. The summed E-state index contributed by atoms with van der Waals surface area (Å²) in [6.45, 7) is 0. The van der Waals surface area contributed by atoms with Gasteiger partial charge in [0.05, 0.1) is 11.0 Å². The van der Waals surface area contributed by atoms with Crippen molar-refractivity contribution in [1.29, 1.82) is 0 Å². The highest BCUT2D eigenvalue weighted by atomic mass is 32.2. The van der Waals surface area contributed by atoms with E-state index in [4.69, 9.17) is 5.73 Å². The first kappa shape index (κ1) is 9.97. The molecule has 0 saturated heterocycles. The van der Waals surface area contributed by atoms with E-state index < -0.39 is 9.84 Å². The van der Waals surface area contributed by atoms with Crippen LogP contribution in [-0.2, 0) is 15.6 Å². The summed E-state index contributed by atoms with van der Waals surface area (Å²) in [5.41, 5.74) is 7.70. The topological polar surface area (TPSA) is 88.8 Å². The molecule has 0 amide bonds. The molecular weight excluding hydrogens is 214 g/mol. The van der Waals surface area contributed by atoms with E-state index in [0.29, 0.717) is 11.5 Å². The highest BCUT2D eigenvalue weighted by Crippen LogP contribution is 2.15. The Bertz CT molecular complexity index is 601. The predicted molar refractivity (Wildman–Crippen MR) is 59.1 cm³/mol. The van der Waals surface area contributed by atoms with E-state index in [1.54, 1.807) is 18.2 Å². The molecule has 0 atom stereocenters. The van der Waals surface area contributed by atoms with Gasteiger partial charge in [-0.2, -0.15) is 0 Å². The van der Waals surface area contributed by atoms with Crippen LogP contribution in [0.3, 0.4) is 0 Å². The molecule has 0 aliphatic rings. The normalized spacial score (nSPS) is 12.1. The van der Waals surface area contributed by atoms with Gasteiger partial charge in [0.25, 0.3) is 0 Å². The fourth-order valence-electron chi connectivity index (χ4n) is 1.40. The molecule has 0 aliphatic heterocycles. The van der Waals surface area contributed by atoms with Crippen LogP contribution in [0, 0.1) is 0 Å². The molecule has 0 bridgehead atoms. The van der Waals surface area contributed by atoms with E-state index in [1.165, 1.54) is 6.26 Å². The largest absolute Gasteiger partial charge is 0.399 e. The lowest BCUT2D eigenvalue weighted by Crippen LogP contribution is -2.01. The number of imidazole rings is 1. The Balaban J connectivity index is 2.48. The summed E-state index contributed by atoms with van der Waals surface area (Å²) < 4.78 is 22.1. The van der Waals surface area contributed by atoms with Crippen LogP contribution in [-0.4, -0.2) is 24.6 Å². The quantitative estimate of drug-likeness (QED) is 0.736. The number of fused-ring (bicyclic) bond motifs is 1. The molecule has 1 aromatic heterocycles. The molecule has 80 valence electrons. The van der Waals surface area contributed by atoms with Gasteiger partial charge in [-0.3, -0.25) is 0 Å². The number of H-pyrrole nitrogens is 1.